The first-order valence-electron chi connectivity index (χ1n) is 6.09. The predicted octanol–water partition coefficient (Wildman–Crippen LogP) is 0.536. The van der Waals surface area contributed by atoms with Crippen LogP contribution in [-0.4, -0.2) is 37.6 Å². The number of carboxylic acid groups (broad SMARTS) is 1. The number of hydrogen-bond donors (Lipinski definition) is 3. The Kier molecular flexibility index (Phi) is 4.39. The van der Waals surface area contributed by atoms with Crippen LogP contribution in [0.4, 0.5) is 0 Å². The molecule has 0 saturated heterocycles. The number of aromatic nitrogens is 4. The summed E-state index contributed by atoms with van der Waals surface area (Å²) >= 11 is 0. The van der Waals surface area contributed by atoms with Gasteiger partial charge in [-0.3, -0.25) is 4.79 Å². The number of aromatic amines is 1. The van der Waals surface area contributed by atoms with Crippen molar-refractivity contribution in [3.05, 3.63) is 46.8 Å². The molecule has 0 atom stereocenters. The van der Waals surface area contributed by atoms with Crippen molar-refractivity contribution in [1.82, 2.24) is 25.9 Å². The molecular formula is C13H13N5O3. The van der Waals surface area contributed by atoms with Crippen molar-refractivity contribution in [1.29, 1.82) is 0 Å². The summed E-state index contributed by atoms with van der Waals surface area (Å²) < 4.78 is 0. The Morgan fingerprint density at radius 3 is 2.90 bits per heavy atom. The molecule has 2 rings (SSSR count). The zero-order chi connectivity index (χ0) is 15.2. The highest BCUT2D eigenvalue weighted by atomic mass is 16.4. The van der Waals surface area contributed by atoms with Crippen LogP contribution in [-0.2, 0) is 11.3 Å². The third-order valence-corrected chi connectivity index (χ3v) is 2.82. The summed E-state index contributed by atoms with van der Waals surface area (Å²) in [6.07, 6.45) is 2.48. The van der Waals surface area contributed by atoms with Gasteiger partial charge in [0.05, 0.1) is 6.54 Å². The largest absolute Gasteiger partial charge is 0.478 e. The fourth-order valence-electron chi connectivity index (χ4n) is 1.75. The number of tetrazole rings is 1. The molecule has 1 aromatic carbocycles. The molecule has 0 spiro atoms. The molecule has 2 aromatic rings. The second-order valence-corrected chi connectivity index (χ2v) is 4.20. The maximum absolute atomic E-state index is 12.1. The number of carbonyl (C=O) groups excluding carboxylic acids is 1. The number of hydrogen-bond acceptors (Lipinski definition) is 5. The van der Waals surface area contributed by atoms with Crippen molar-refractivity contribution in [3.63, 3.8) is 0 Å². The van der Waals surface area contributed by atoms with E-state index in [1.165, 1.54) is 6.08 Å². The third kappa shape index (κ3) is 3.72. The monoisotopic (exact) mass is 287 g/mol. The first-order chi connectivity index (χ1) is 10.1. The molecular weight excluding hydrogens is 274 g/mol. The van der Waals surface area contributed by atoms with Crippen LogP contribution in [0.1, 0.15) is 27.3 Å². The first kappa shape index (κ1) is 14.4. The lowest BCUT2D eigenvalue weighted by molar-refractivity contribution is -0.131. The van der Waals surface area contributed by atoms with Crippen LogP contribution in [0, 0.1) is 6.92 Å². The van der Waals surface area contributed by atoms with Crippen LogP contribution in [0.15, 0.2) is 24.3 Å². The quantitative estimate of drug-likeness (QED) is 0.690. The molecule has 1 amide bonds. The molecule has 1 heterocycles. The number of H-pyrrole nitrogens is 1. The zero-order valence-electron chi connectivity index (χ0n) is 11.2. The van der Waals surface area contributed by atoms with E-state index in [1.807, 2.05) is 0 Å². The zero-order valence-corrected chi connectivity index (χ0v) is 11.2. The molecule has 0 aliphatic rings. The number of rotatable bonds is 5. The van der Waals surface area contributed by atoms with E-state index in [-0.39, 0.29) is 12.5 Å². The Morgan fingerprint density at radius 2 is 2.24 bits per heavy atom. The molecule has 0 bridgehead atoms. The second-order valence-electron chi connectivity index (χ2n) is 4.20. The van der Waals surface area contributed by atoms with Gasteiger partial charge in [-0.15, -0.1) is 10.2 Å². The van der Waals surface area contributed by atoms with E-state index in [0.29, 0.717) is 22.5 Å². The van der Waals surface area contributed by atoms with Gasteiger partial charge in [0.25, 0.3) is 5.91 Å². The number of nitrogens with one attached hydrogen (secondary N) is 2. The number of amides is 1. The Balaban J connectivity index is 2.13. The Hall–Kier alpha value is -3.03. The lowest BCUT2D eigenvalue weighted by atomic mass is 10.0. The Morgan fingerprint density at radius 1 is 1.43 bits per heavy atom. The number of nitrogens with zero attached hydrogens (tertiary/aromatic N) is 3. The summed E-state index contributed by atoms with van der Waals surface area (Å²) in [5.74, 6) is -0.952. The van der Waals surface area contributed by atoms with Gasteiger partial charge in [-0.1, -0.05) is 17.3 Å². The van der Waals surface area contributed by atoms with Crippen LogP contribution in [0.3, 0.4) is 0 Å². The highest BCUT2D eigenvalue weighted by Gasteiger charge is 2.11. The normalized spacial score (nSPS) is 10.7. The van der Waals surface area contributed by atoms with Crippen LogP contribution in [0.5, 0.6) is 0 Å². The molecule has 0 fully saturated rings. The highest BCUT2D eigenvalue weighted by molar-refractivity contribution is 5.96. The van der Waals surface area contributed by atoms with Gasteiger partial charge in [0.1, 0.15) is 0 Å². The molecule has 0 aliphatic heterocycles. The summed E-state index contributed by atoms with van der Waals surface area (Å²) in [6, 6.07) is 5.10. The van der Waals surface area contributed by atoms with Crippen molar-refractivity contribution in [2.24, 2.45) is 0 Å². The maximum atomic E-state index is 12.1. The summed E-state index contributed by atoms with van der Waals surface area (Å²) in [7, 11) is 0. The predicted molar refractivity (Wildman–Crippen MR) is 73.2 cm³/mol. The Bertz CT molecular complexity index is 679. The highest BCUT2D eigenvalue weighted by Crippen LogP contribution is 2.15. The van der Waals surface area contributed by atoms with E-state index in [9.17, 15) is 9.59 Å². The van der Waals surface area contributed by atoms with Gasteiger partial charge >= 0.3 is 5.97 Å². The van der Waals surface area contributed by atoms with Crippen LogP contribution >= 0.6 is 0 Å². The van der Waals surface area contributed by atoms with E-state index in [4.69, 9.17) is 5.11 Å². The van der Waals surface area contributed by atoms with Crippen LogP contribution in [0.25, 0.3) is 6.08 Å². The first-order valence-corrected chi connectivity index (χ1v) is 6.09. The van der Waals surface area contributed by atoms with Crippen molar-refractivity contribution in [3.8, 4) is 0 Å². The minimum Gasteiger partial charge on any atom is -0.478 e. The average molecular weight is 287 g/mol. The van der Waals surface area contributed by atoms with E-state index in [0.717, 1.165) is 6.08 Å². The van der Waals surface area contributed by atoms with Gasteiger partial charge in [0.15, 0.2) is 5.82 Å². The van der Waals surface area contributed by atoms with E-state index in [1.54, 1.807) is 25.1 Å². The molecule has 0 unspecified atom stereocenters. The fourth-order valence-corrected chi connectivity index (χ4v) is 1.75. The molecule has 108 valence electrons. The van der Waals surface area contributed by atoms with Crippen LogP contribution < -0.4 is 5.32 Å². The Labute approximate surface area is 119 Å². The summed E-state index contributed by atoms with van der Waals surface area (Å²) in [5, 5.41) is 24.5. The van der Waals surface area contributed by atoms with Gasteiger partial charge in [-0.2, -0.15) is 5.21 Å². The second kappa shape index (κ2) is 6.42. The number of carboxylic acids is 1. The molecule has 8 heteroatoms. The molecule has 0 saturated carbocycles. The van der Waals surface area contributed by atoms with E-state index >= 15 is 0 Å². The molecule has 21 heavy (non-hydrogen) atoms. The summed E-state index contributed by atoms with van der Waals surface area (Å²) in [4.78, 5) is 22.7. The molecule has 1 aromatic heterocycles. The molecule has 8 nitrogen and oxygen atoms in total. The minimum atomic E-state index is -1.04. The minimum absolute atomic E-state index is 0.157. The number of aliphatic carboxylic acids is 1. The number of carbonyl (C=O) groups is 2. The van der Waals surface area contributed by atoms with E-state index < -0.39 is 5.97 Å². The van der Waals surface area contributed by atoms with Gasteiger partial charge in [-0.05, 0) is 30.2 Å². The summed E-state index contributed by atoms with van der Waals surface area (Å²) in [5.41, 5.74) is 1.83. The smallest absolute Gasteiger partial charge is 0.328 e. The number of benzene rings is 1. The maximum Gasteiger partial charge on any atom is 0.328 e. The topological polar surface area (TPSA) is 121 Å². The lowest BCUT2D eigenvalue weighted by Crippen LogP contribution is -2.24. The molecule has 0 radical (unpaired) electrons. The van der Waals surface area contributed by atoms with Crippen molar-refractivity contribution >= 4 is 18.0 Å². The van der Waals surface area contributed by atoms with Crippen molar-refractivity contribution in [2.75, 3.05) is 0 Å². The van der Waals surface area contributed by atoms with Crippen molar-refractivity contribution < 1.29 is 14.7 Å². The van der Waals surface area contributed by atoms with E-state index in [2.05, 4.69) is 25.9 Å². The lowest BCUT2D eigenvalue weighted by Gasteiger charge is -2.08. The van der Waals surface area contributed by atoms with Crippen LogP contribution in [0.2, 0.25) is 0 Å². The van der Waals surface area contributed by atoms with Gasteiger partial charge in [-0.25, -0.2) is 4.79 Å². The van der Waals surface area contributed by atoms with Gasteiger partial charge < -0.3 is 10.4 Å². The molecule has 3 N–H and O–H groups in total. The van der Waals surface area contributed by atoms with Crippen molar-refractivity contribution in [2.45, 2.75) is 13.5 Å². The molecule has 0 aliphatic carbocycles. The van der Waals surface area contributed by atoms with Gasteiger partial charge in [0.2, 0.25) is 0 Å². The van der Waals surface area contributed by atoms with Gasteiger partial charge in [0, 0.05) is 11.6 Å². The average Bonchev–Trinajstić information content (AvgIpc) is 2.97. The fraction of sp³-hybridized carbons (Fsp3) is 0.154. The SMILES string of the molecule is Cc1c(C=CC(=O)O)cccc1C(=O)NCc1nn[nH]n1. The standard InChI is InChI=1S/C13H13N5O3/c1-8-9(5-6-12(19)20)3-2-4-10(8)13(21)14-7-11-15-17-18-16-11/h2-6H,7H2,1H3,(H,14,21)(H,19,20)(H,15,16,17,18). The third-order valence-electron chi connectivity index (χ3n) is 2.82. The summed E-state index contributed by atoms with van der Waals surface area (Å²) in [6.45, 7) is 1.91.